The zero-order valence-electron chi connectivity index (χ0n) is 9.59. The maximum Gasteiger partial charge on any atom is 0.471 e. The van der Waals surface area contributed by atoms with Crippen molar-refractivity contribution in [2.24, 2.45) is 7.05 Å². The first-order chi connectivity index (χ1) is 7.50. The first kappa shape index (κ1) is 12.8. The van der Waals surface area contributed by atoms with Gasteiger partial charge in [0.25, 0.3) is 0 Å². The number of nitrogens with zero attached hydrogens (tertiary/aromatic N) is 2. The molecule has 5 nitrogen and oxygen atoms in total. The van der Waals surface area contributed by atoms with Crippen LogP contribution in [0.4, 0.5) is 0 Å². The summed E-state index contributed by atoms with van der Waals surface area (Å²) in [5.41, 5.74) is 0. The molecule has 1 heterocycles. The summed E-state index contributed by atoms with van der Waals surface area (Å²) in [6.45, 7) is 6.12. The van der Waals surface area contributed by atoms with Crippen molar-refractivity contribution in [3.8, 4) is 6.01 Å². The van der Waals surface area contributed by atoms with Crippen LogP contribution in [0.2, 0.25) is 0 Å². The number of rotatable bonds is 6. The molecule has 90 valence electrons. The summed E-state index contributed by atoms with van der Waals surface area (Å²) in [4.78, 5) is 0. The number of aryl methyl sites for hydroxylation is 2. The average molecular weight is 245 g/mol. The fraction of sp³-hybridized carbons (Fsp3) is 0.500. The lowest BCUT2D eigenvalue weighted by atomic mass is 10.5. The molecule has 1 aromatic rings. The summed E-state index contributed by atoms with van der Waals surface area (Å²) in [5.74, 6) is -0.190. The minimum absolute atomic E-state index is 0.190. The van der Waals surface area contributed by atoms with Crippen molar-refractivity contribution in [3.05, 3.63) is 25.0 Å². The Hall–Kier alpha value is -1.30. The first-order valence-corrected chi connectivity index (χ1v) is 6.65. The summed E-state index contributed by atoms with van der Waals surface area (Å²) >= 11 is 0. The lowest BCUT2D eigenvalue weighted by molar-refractivity contribution is -0.674. The van der Waals surface area contributed by atoms with Gasteiger partial charge in [-0.3, -0.25) is 0 Å². The molecule has 0 saturated heterocycles. The van der Waals surface area contributed by atoms with E-state index in [0.717, 1.165) is 13.0 Å². The van der Waals surface area contributed by atoms with E-state index in [0.29, 0.717) is 6.01 Å². The van der Waals surface area contributed by atoms with Gasteiger partial charge in [-0.05, 0) is 6.42 Å². The first-order valence-electron chi connectivity index (χ1n) is 5.08. The molecule has 1 rings (SSSR count). The molecule has 0 radical (unpaired) electrons. The molecule has 0 aliphatic carbocycles. The van der Waals surface area contributed by atoms with Crippen LogP contribution in [0.15, 0.2) is 25.0 Å². The Kier molecular flexibility index (Phi) is 4.12. The highest BCUT2D eigenvalue weighted by molar-refractivity contribution is 7.87. The highest BCUT2D eigenvalue weighted by atomic mass is 32.2. The number of hydrogen-bond acceptors (Lipinski definition) is 3. The monoisotopic (exact) mass is 245 g/mol. The zero-order valence-corrected chi connectivity index (χ0v) is 10.4. The third kappa shape index (κ3) is 3.10. The lowest BCUT2D eigenvalue weighted by Crippen LogP contribution is -2.31. The molecule has 0 bridgehead atoms. The number of imidazole rings is 1. The molecular weight excluding hydrogens is 228 g/mol. The van der Waals surface area contributed by atoms with Gasteiger partial charge in [0.2, 0.25) is 0 Å². The normalized spacial score (nSPS) is 11.4. The Labute approximate surface area is 96.1 Å². The van der Waals surface area contributed by atoms with E-state index in [2.05, 4.69) is 6.58 Å². The van der Waals surface area contributed by atoms with Crippen molar-refractivity contribution >= 4 is 10.1 Å². The largest absolute Gasteiger partial charge is 0.471 e. The molecule has 0 amide bonds. The predicted octanol–water partition coefficient (Wildman–Crippen LogP) is 0.617. The van der Waals surface area contributed by atoms with Crippen LogP contribution in [-0.4, -0.2) is 18.7 Å². The van der Waals surface area contributed by atoms with Gasteiger partial charge in [0.05, 0.1) is 13.6 Å². The Morgan fingerprint density at radius 3 is 2.88 bits per heavy atom. The molecular formula is C10H17N2O3S+. The topological polar surface area (TPSA) is 52.2 Å². The van der Waals surface area contributed by atoms with E-state index in [1.165, 1.54) is 6.08 Å². The van der Waals surface area contributed by atoms with Gasteiger partial charge in [0.1, 0.15) is 18.1 Å². The molecule has 0 atom stereocenters. The Morgan fingerprint density at radius 2 is 2.31 bits per heavy atom. The Bertz CT molecular complexity index is 462. The molecule has 0 spiro atoms. The average Bonchev–Trinajstić information content (AvgIpc) is 2.50. The number of hydrogen-bond donors (Lipinski definition) is 0. The van der Waals surface area contributed by atoms with Crippen LogP contribution in [-0.2, 0) is 23.7 Å². The molecule has 0 fully saturated rings. The fourth-order valence-electron chi connectivity index (χ4n) is 1.32. The van der Waals surface area contributed by atoms with E-state index >= 15 is 0 Å². The molecule has 0 N–H and O–H groups in total. The van der Waals surface area contributed by atoms with Gasteiger partial charge in [-0.2, -0.15) is 17.6 Å². The van der Waals surface area contributed by atoms with Crippen molar-refractivity contribution < 1.29 is 17.2 Å². The minimum Gasteiger partial charge on any atom is -0.308 e. The summed E-state index contributed by atoms with van der Waals surface area (Å²) in [7, 11) is -1.84. The summed E-state index contributed by atoms with van der Waals surface area (Å²) < 4.78 is 31.4. The van der Waals surface area contributed by atoms with Crippen LogP contribution in [0.1, 0.15) is 13.3 Å². The van der Waals surface area contributed by atoms with Crippen LogP contribution in [0.5, 0.6) is 6.01 Å². The van der Waals surface area contributed by atoms with E-state index in [1.807, 2.05) is 6.92 Å². The third-order valence-electron chi connectivity index (χ3n) is 2.01. The van der Waals surface area contributed by atoms with E-state index < -0.39 is 10.1 Å². The SMILES string of the molecule is C=CCS(=O)(=O)Oc1n(CCC)cc[n+]1C. The maximum atomic E-state index is 11.5. The maximum absolute atomic E-state index is 11.5. The molecule has 1 aromatic heterocycles. The van der Waals surface area contributed by atoms with E-state index in [1.54, 1.807) is 28.6 Å². The quantitative estimate of drug-likeness (QED) is 0.419. The molecule has 0 saturated carbocycles. The van der Waals surface area contributed by atoms with Crippen molar-refractivity contribution in [3.63, 3.8) is 0 Å². The van der Waals surface area contributed by atoms with Gasteiger partial charge in [-0.25, -0.2) is 0 Å². The predicted molar refractivity (Wildman–Crippen MR) is 60.5 cm³/mol. The highest BCUT2D eigenvalue weighted by Gasteiger charge is 2.22. The Morgan fingerprint density at radius 1 is 1.62 bits per heavy atom. The van der Waals surface area contributed by atoms with Gasteiger partial charge in [-0.1, -0.05) is 13.0 Å². The van der Waals surface area contributed by atoms with Gasteiger partial charge in [0, 0.05) is 0 Å². The van der Waals surface area contributed by atoms with Crippen molar-refractivity contribution in [1.29, 1.82) is 0 Å². The van der Waals surface area contributed by atoms with Crippen LogP contribution in [0.25, 0.3) is 0 Å². The molecule has 16 heavy (non-hydrogen) atoms. The molecule has 6 heteroatoms. The van der Waals surface area contributed by atoms with Crippen LogP contribution < -0.4 is 8.75 Å². The third-order valence-corrected chi connectivity index (χ3v) is 3.05. The van der Waals surface area contributed by atoms with Crippen molar-refractivity contribution in [1.82, 2.24) is 4.57 Å². The van der Waals surface area contributed by atoms with Crippen molar-refractivity contribution in [2.75, 3.05) is 5.75 Å². The number of aromatic nitrogens is 2. The van der Waals surface area contributed by atoms with Gasteiger partial charge >= 0.3 is 16.1 Å². The zero-order chi connectivity index (χ0) is 12.2. The molecule has 0 aliphatic rings. The standard InChI is InChI=1S/C10H17N2O3S/c1-4-6-12-8-7-11(3)10(12)15-16(13,14)9-5-2/h5,7-8H,2,4,6,9H2,1,3H3/q+1. The van der Waals surface area contributed by atoms with E-state index in [-0.39, 0.29) is 5.75 Å². The van der Waals surface area contributed by atoms with Gasteiger partial charge in [-0.15, -0.1) is 6.58 Å². The smallest absolute Gasteiger partial charge is 0.308 e. The summed E-state index contributed by atoms with van der Waals surface area (Å²) in [6, 6.07) is 0.323. The van der Waals surface area contributed by atoms with E-state index in [9.17, 15) is 8.42 Å². The summed E-state index contributed by atoms with van der Waals surface area (Å²) in [5, 5.41) is 0. The molecule has 0 aliphatic heterocycles. The molecule has 0 aromatic carbocycles. The van der Waals surface area contributed by atoms with Gasteiger partial charge in [0.15, 0.2) is 0 Å². The van der Waals surface area contributed by atoms with E-state index in [4.69, 9.17) is 4.18 Å². The summed E-state index contributed by atoms with van der Waals surface area (Å²) in [6.07, 6.45) is 5.77. The van der Waals surface area contributed by atoms with Crippen LogP contribution in [0, 0.1) is 0 Å². The minimum atomic E-state index is -3.58. The second-order valence-electron chi connectivity index (χ2n) is 3.48. The Balaban J connectivity index is 2.95. The second kappa shape index (κ2) is 5.16. The fourth-order valence-corrected chi connectivity index (χ4v) is 2.12. The second-order valence-corrected chi connectivity index (χ2v) is 5.10. The molecule has 0 unspecified atom stereocenters. The van der Waals surface area contributed by atoms with Crippen molar-refractivity contribution in [2.45, 2.75) is 19.9 Å². The van der Waals surface area contributed by atoms with Gasteiger partial charge < -0.3 is 4.18 Å². The highest BCUT2D eigenvalue weighted by Crippen LogP contribution is 2.09. The lowest BCUT2D eigenvalue weighted by Gasteiger charge is -2.03. The van der Waals surface area contributed by atoms with Crippen LogP contribution in [0.3, 0.4) is 0 Å². The van der Waals surface area contributed by atoms with Crippen LogP contribution >= 0.6 is 0 Å².